The first-order valence-electron chi connectivity index (χ1n) is 5.57. The van der Waals surface area contributed by atoms with Crippen molar-refractivity contribution in [3.8, 4) is 0 Å². The van der Waals surface area contributed by atoms with Crippen molar-refractivity contribution in [1.82, 2.24) is 0 Å². The van der Waals surface area contributed by atoms with Gasteiger partial charge in [-0.25, -0.2) is 4.39 Å². The number of carboxylic acid groups (broad SMARTS) is 1. The number of carboxylic acids is 1. The molecule has 0 saturated heterocycles. The van der Waals surface area contributed by atoms with Crippen molar-refractivity contribution in [3.05, 3.63) is 35.4 Å². The van der Waals surface area contributed by atoms with Gasteiger partial charge in [0.25, 0.3) is 0 Å². The topological polar surface area (TPSA) is 37.3 Å². The maximum atomic E-state index is 12.3. The molecule has 16 heavy (non-hydrogen) atoms. The molecule has 0 amide bonds. The normalized spacial score (nSPS) is 17.1. The van der Waals surface area contributed by atoms with E-state index >= 15 is 0 Å². The summed E-state index contributed by atoms with van der Waals surface area (Å²) in [6, 6.07) is 7.21. The van der Waals surface area contributed by atoms with Crippen LogP contribution in [0.3, 0.4) is 0 Å². The van der Waals surface area contributed by atoms with Gasteiger partial charge in [0, 0.05) is 0 Å². The fourth-order valence-corrected chi connectivity index (χ4v) is 2.10. The van der Waals surface area contributed by atoms with Crippen molar-refractivity contribution in [2.75, 3.05) is 0 Å². The molecule has 1 N–H and O–H groups in total. The summed E-state index contributed by atoms with van der Waals surface area (Å²) in [4.78, 5) is 10.8. The predicted octanol–water partition coefficient (Wildman–Crippen LogP) is 3.12. The van der Waals surface area contributed by atoms with E-state index in [1.807, 2.05) is 12.1 Å². The van der Waals surface area contributed by atoms with E-state index in [2.05, 4.69) is 0 Å². The van der Waals surface area contributed by atoms with E-state index in [9.17, 15) is 9.18 Å². The standard InChI is InChI=1S/C13H15FO2/c14-8-9-1-3-10(4-2-9)12(7-13(15)16)11-5-6-11/h1-4,11-12H,5-8H2,(H,15,16). The summed E-state index contributed by atoms with van der Waals surface area (Å²) in [5, 5.41) is 8.86. The van der Waals surface area contributed by atoms with Crippen LogP contribution >= 0.6 is 0 Å². The van der Waals surface area contributed by atoms with Crippen molar-refractivity contribution in [2.45, 2.75) is 31.9 Å². The van der Waals surface area contributed by atoms with Gasteiger partial charge in [0.05, 0.1) is 6.42 Å². The third kappa shape index (κ3) is 2.60. The first-order chi connectivity index (χ1) is 7.70. The van der Waals surface area contributed by atoms with Gasteiger partial charge in [-0.05, 0) is 35.8 Å². The Morgan fingerprint density at radius 2 is 2.00 bits per heavy atom. The highest BCUT2D eigenvalue weighted by Crippen LogP contribution is 2.44. The van der Waals surface area contributed by atoms with Gasteiger partial charge in [0.15, 0.2) is 0 Å². The van der Waals surface area contributed by atoms with E-state index in [4.69, 9.17) is 5.11 Å². The van der Waals surface area contributed by atoms with Crippen LogP contribution in [0.25, 0.3) is 0 Å². The Kier molecular flexibility index (Phi) is 3.22. The number of carbonyl (C=O) groups is 1. The molecule has 1 aliphatic rings. The first kappa shape index (κ1) is 11.1. The summed E-state index contributed by atoms with van der Waals surface area (Å²) >= 11 is 0. The van der Waals surface area contributed by atoms with Gasteiger partial charge in [-0.15, -0.1) is 0 Å². The van der Waals surface area contributed by atoms with E-state index in [1.165, 1.54) is 0 Å². The van der Waals surface area contributed by atoms with Crippen LogP contribution in [0, 0.1) is 5.92 Å². The summed E-state index contributed by atoms with van der Waals surface area (Å²) in [5.74, 6) is -0.148. The maximum absolute atomic E-state index is 12.3. The Hall–Kier alpha value is -1.38. The largest absolute Gasteiger partial charge is 0.481 e. The Morgan fingerprint density at radius 3 is 2.44 bits per heavy atom. The average Bonchev–Trinajstić information content (AvgIpc) is 3.10. The molecule has 1 atom stereocenters. The number of hydrogen-bond acceptors (Lipinski definition) is 1. The van der Waals surface area contributed by atoms with Crippen LogP contribution in [0.15, 0.2) is 24.3 Å². The molecule has 1 aromatic carbocycles. The Bertz CT molecular complexity index is 368. The molecular weight excluding hydrogens is 207 g/mol. The molecule has 0 heterocycles. The van der Waals surface area contributed by atoms with Crippen LogP contribution in [0.4, 0.5) is 4.39 Å². The van der Waals surface area contributed by atoms with Crippen molar-refractivity contribution < 1.29 is 14.3 Å². The summed E-state index contributed by atoms with van der Waals surface area (Å²) in [5.41, 5.74) is 1.68. The predicted molar refractivity (Wildman–Crippen MR) is 59.0 cm³/mol. The van der Waals surface area contributed by atoms with Crippen LogP contribution in [0.1, 0.15) is 36.3 Å². The molecular formula is C13H15FO2. The van der Waals surface area contributed by atoms with Crippen LogP contribution in [0.5, 0.6) is 0 Å². The quantitative estimate of drug-likeness (QED) is 0.831. The number of alkyl halides is 1. The van der Waals surface area contributed by atoms with Crippen LogP contribution in [-0.2, 0) is 11.5 Å². The molecule has 0 radical (unpaired) electrons. The van der Waals surface area contributed by atoms with Gasteiger partial charge in [0.2, 0.25) is 0 Å². The van der Waals surface area contributed by atoms with E-state index in [-0.39, 0.29) is 12.3 Å². The second kappa shape index (κ2) is 4.64. The zero-order valence-electron chi connectivity index (χ0n) is 9.03. The van der Waals surface area contributed by atoms with Crippen LogP contribution in [0.2, 0.25) is 0 Å². The number of aliphatic carboxylic acids is 1. The highest BCUT2D eigenvalue weighted by Gasteiger charge is 2.33. The first-order valence-corrected chi connectivity index (χ1v) is 5.57. The fourth-order valence-electron chi connectivity index (χ4n) is 2.10. The van der Waals surface area contributed by atoms with E-state index in [0.717, 1.165) is 18.4 Å². The molecule has 0 bridgehead atoms. The molecule has 86 valence electrons. The fraction of sp³-hybridized carbons (Fsp3) is 0.462. The maximum Gasteiger partial charge on any atom is 0.303 e. The molecule has 1 saturated carbocycles. The van der Waals surface area contributed by atoms with E-state index < -0.39 is 12.6 Å². The minimum absolute atomic E-state index is 0.103. The van der Waals surface area contributed by atoms with Gasteiger partial charge in [-0.2, -0.15) is 0 Å². The molecule has 0 aliphatic heterocycles. The van der Waals surface area contributed by atoms with Crippen molar-refractivity contribution in [1.29, 1.82) is 0 Å². The number of benzene rings is 1. The minimum atomic E-state index is -0.758. The highest BCUT2D eigenvalue weighted by molar-refractivity contribution is 5.68. The molecule has 2 rings (SSSR count). The third-order valence-corrected chi connectivity index (χ3v) is 3.15. The molecule has 1 fully saturated rings. The average molecular weight is 222 g/mol. The molecule has 0 spiro atoms. The smallest absolute Gasteiger partial charge is 0.303 e. The van der Waals surface area contributed by atoms with Crippen molar-refractivity contribution in [2.24, 2.45) is 5.92 Å². The SMILES string of the molecule is O=C(O)CC(c1ccc(CF)cc1)C1CC1. The van der Waals surface area contributed by atoms with E-state index in [0.29, 0.717) is 11.5 Å². The Labute approximate surface area is 94.1 Å². The molecule has 1 unspecified atom stereocenters. The van der Waals surface area contributed by atoms with Crippen LogP contribution in [-0.4, -0.2) is 11.1 Å². The lowest BCUT2D eigenvalue weighted by atomic mass is 9.90. The summed E-state index contributed by atoms with van der Waals surface area (Å²) in [7, 11) is 0. The molecule has 0 aromatic heterocycles. The molecule has 1 aromatic rings. The summed E-state index contributed by atoms with van der Waals surface area (Å²) < 4.78 is 12.3. The van der Waals surface area contributed by atoms with Gasteiger partial charge < -0.3 is 5.11 Å². The summed E-state index contributed by atoms with van der Waals surface area (Å²) in [6.45, 7) is -0.465. The number of halogens is 1. The summed E-state index contributed by atoms with van der Waals surface area (Å²) in [6.07, 6.45) is 2.41. The second-order valence-corrected chi connectivity index (χ2v) is 4.42. The molecule has 1 aliphatic carbocycles. The Balaban J connectivity index is 2.14. The third-order valence-electron chi connectivity index (χ3n) is 3.15. The van der Waals surface area contributed by atoms with Crippen LogP contribution < -0.4 is 0 Å². The lowest BCUT2D eigenvalue weighted by Gasteiger charge is -2.14. The van der Waals surface area contributed by atoms with Crippen molar-refractivity contribution in [3.63, 3.8) is 0 Å². The van der Waals surface area contributed by atoms with E-state index in [1.54, 1.807) is 12.1 Å². The lowest BCUT2D eigenvalue weighted by Crippen LogP contribution is -2.08. The van der Waals surface area contributed by atoms with Gasteiger partial charge in [-0.3, -0.25) is 4.79 Å². The molecule has 3 heteroatoms. The second-order valence-electron chi connectivity index (χ2n) is 4.42. The van der Waals surface area contributed by atoms with Gasteiger partial charge >= 0.3 is 5.97 Å². The van der Waals surface area contributed by atoms with Crippen molar-refractivity contribution >= 4 is 5.97 Å². The minimum Gasteiger partial charge on any atom is -0.481 e. The zero-order valence-corrected chi connectivity index (χ0v) is 9.03. The monoisotopic (exact) mass is 222 g/mol. The van der Waals surface area contributed by atoms with Gasteiger partial charge in [-0.1, -0.05) is 24.3 Å². The number of rotatable bonds is 5. The highest BCUT2D eigenvalue weighted by atomic mass is 19.1. The lowest BCUT2D eigenvalue weighted by molar-refractivity contribution is -0.137. The van der Waals surface area contributed by atoms with Gasteiger partial charge in [0.1, 0.15) is 6.67 Å². The molecule has 2 nitrogen and oxygen atoms in total. The Morgan fingerprint density at radius 1 is 1.38 bits per heavy atom. The zero-order chi connectivity index (χ0) is 11.5. The number of hydrogen-bond donors (Lipinski definition) is 1.